The summed E-state index contributed by atoms with van der Waals surface area (Å²) in [5, 5.41) is 10.4. The molecule has 12 heteroatoms. The summed E-state index contributed by atoms with van der Waals surface area (Å²) in [5.74, 6) is 0.519. The number of amides is 2. The Morgan fingerprint density at radius 2 is 1.54 bits per heavy atom. The molecule has 0 aromatic heterocycles. The Morgan fingerprint density at radius 3 is 2.11 bits per heavy atom. The second-order valence-electron chi connectivity index (χ2n) is 17.8. The number of piperidine rings is 1. The fraction of sp³-hybridized carbons (Fsp3) is 0.667. The van der Waals surface area contributed by atoms with E-state index in [1.807, 2.05) is 44.2 Å². The van der Waals surface area contributed by atoms with Crippen molar-refractivity contribution in [2.75, 3.05) is 51.7 Å². The largest absolute Gasteiger partial charge is 0.494 e. The predicted octanol–water partition coefficient (Wildman–Crippen LogP) is 9.26. The minimum atomic E-state index is -2.45. The molecule has 1 saturated heterocycles. The fourth-order valence-corrected chi connectivity index (χ4v) is 14.9. The summed E-state index contributed by atoms with van der Waals surface area (Å²) < 4.78 is 31.7. The molecule has 0 unspecified atom stereocenters. The zero-order valence-electron chi connectivity index (χ0n) is 35.1. The van der Waals surface area contributed by atoms with E-state index >= 15 is 0 Å². The van der Waals surface area contributed by atoms with E-state index in [1.54, 1.807) is 12.0 Å². The van der Waals surface area contributed by atoms with Gasteiger partial charge >= 0.3 is 6.09 Å². The van der Waals surface area contributed by atoms with Crippen LogP contribution in [0.5, 0.6) is 5.75 Å². The van der Waals surface area contributed by atoms with Crippen molar-refractivity contribution in [2.45, 2.75) is 134 Å². The van der Waals surface area contributed by atoms with Crippen LogP contribution in [-0.4, -0.2) is 97.4 Å². The van der Waals surface area contributed by atoms with Crippen molar-refractivity contribution in [1.82, 2.24) is 4.90 Å². The van der Waals surface area contributed by atoms with Crippen molar-refractivity contribution in [3.8, 4) is 5.75 Å². The number of ether oxygens (including phenoxy) is 4. The van der Waals surface area contributed by atoms with Crippen LogP contribution in [0.2, 0.25) is 42.3 Å². The minimum absolute atomic E-state index is 0.000830. The van der Waals surface area contributed by atoms with Gasteiger partial charge in [0, 0.05) is 52.8 Å². The summed E-state index contributed by atoms with van der Waals surface area (Å²) in [7, 11) is -2.07. The molecule has 0 bridgehead atoms. The van der Waals surface area contributed by atoms with E-state index in [0.717, 1.165) is 40.6 Å². The van der Waals surface area contributed by atoms with E-state index in [1.165, 1.54) is 4.90 Å². The number of benzene rings is 2. The van der Waals surface area contributed by atoms with Crippen LogP contribution in [0, 0.1) is 0 Å². The molecule has 2 heterocycles. The first-order valence-electron chi connectivity index (χ1n) is 19.9. The van der Waals surface area contributed by atoms with E-state index in [2.05, 4.69) is 73.3 Å². The number of anilines is 1. The second kappa shape index (κ2) is 18.5. The molecule has 2 amide bonds. The molecule has 2 aromatic rings. The number of fused-ring (bicyclic) bond motifs is 1. The van der Waals surface area contributed by atoms with E-state index in [0.29, 0.717) is 36.4 Å². The molecule has 302 valence electrons. The van der Waals surface area contributed by atoms with Crippen LogP contribution in [0.25, 0.3) is 0 Å². The molecule has 2 aliphatic heterocycles. The highest BCUT2D eigenvalue weighted by atomic mass is 28.4. The Bertz CT molecular complexity index is 1520. The Balaban J connectivity index is 1.72. The number of likely N-dealkylation sites (tertiary alicyclic amines) is 1. The van der Waals surface area contributed by atoms with Crippen LogP contribution in [0.1, 0.15) is 84.4 Å². The summed E-state index contributed by atoms with van der Waals surface area (Å²) in [6.07, 6.45) is -1.15. The van der Waals surface area contributed by atoms with Gasteiger partial charge in [0.2, 0.25) is 14.2 Å². The van der Waals surface area contributed by atoms with Crippen LogP contribution >= 0.6 is 0 Å². The zero-order chi connectivity index (χ0) is 40.0. The molecular formula is C42H68N2O8Si2. The summed E-state index contributed by atoms with van der Waals surface area (Å²) in [6.45, 7) is 27.0. The van der Waals surface area contributed by atoms with E-state index in [-0.39, 0.29) is 38.3 Å². The lowest BCUT2D eigenvalue weighted by Crippen LogP contribution is -2.59. The highest BCUT2D eigenvalue weighted by molar-refractivity contribution is 6.77. The number of hydrogen-bond donors (Lipinski definition) is 1. The number of carboxylic acid groups (broad SMARTS) is 1. The minimum Gasteiger partial charge on any atom is -0.494 e. The smallest absolute Gasteiger partial charge is 0.407 e. The van der Waals surface area contributed by atoms with Gasteiger partial charge in [-0.1, -0.05) is 91.5 Å². The Hall–Kier alpha value is -2.75. The second-order valence-corrected chi connectivity index (χ2v) is 28.8. The van der Waals surface area contributed by atoms with Crippen molar-refractivity contribution in [1.29, 1.82) is 0 Å². The number of para-hydroxylation sites is 1. The van der Waals surface area contributed by atoms with Gasteiger partial charge in [0.15, 0.2) is 0 Å². The maximum Gasteiger partial charge on any atom is 0.407 e. The number of hydrogen-bond acceptors (Lipinski definition) is 7. The summed E-state index contributed by atoms with van der Waals surface area (Å²) >= 11 is 0. The first-order chi connectivity index (χ1) is 25.3. The number of carbonyl (C=O) groups excluding carboxylic acids is 1. The SMILES string of the molecule is COCCCOc1ccc([C@@H]2[C@@H](OCc3cccc4c3N(COCC[Si](C)(C)C)C(=O)C4(C)C)CN(C(=O)O)C[C@H]2O[Si](C(C)C)(C(C)C)C(C)C)cc1. The molecule has 2 aliphatic rings. The average Bonchev–Trinajstić information content (AvgIpc) is 3.29. The van der Waals surface area contributed by atoms with Crippen molar-refractivity contribution in [3.63, 3.8) is 0 Å². The average molecular weight is 785 g/mol. The monoisotopic (exact) mass is 784 g/mol. The molecule has 0 spiro atoms. The highest BCUT2D eigenvalue weighted by Crippen LogP contribution is 2.47. The summed E-state index contributed by atoms with van der Waals surface area (Å²) in [4.78, 5) is 29.9. The van der Waals surface area contributed by atoms with Crippen molar-refractivity contribution in [2.24, 2.45) is 0 Å². The van der Waals surface area contributed by atoms with Crippen molar-refractivity contribution >= 4 is 34.1 Å². The Labute approximate surface area is 327 Å². The van der Waals surface area contributed by atoms with Crippen LogP contribution in [0.4, 0.5) is 10.5 Å². The molecule has 0 radical (unpaired) electrons. The third-order valence-corrected chi connectivity index (χ3v) is 19.3. The highest BCUT2D eigenvalue weighted by Gasteiger charge is 2.51. The van der Waals surface area contributed by atoms with E-state index in [4.69, 9.17) is 23.4 Å². The summed E-state index contributed by atoms with van der Waals surface area (Å²) in [5.41, 5.74) is 3.89. The standard InChI is InChI=1S/C42H68N2O8Si2/c1-29(2)54(30(3)4,31(5)6)52-37-26-43(41(46)47)25-36(38(37)32-17-19-34(20-18-32)50-22-14-21-48-9)51-27-33-15-13-16-35-39(33)44(40(45)42(35,7)8)28-49-23-24-53(10,11)12/h13,15-20,29-31,36-38H,14,21-28H2,1-12H3,(H,46,47)/t36-,37+,38+/m0/s1. The van der Waals surface area contributed by atoms with E-state index < -0.39 is 40.1 Å². The summed E-state index contributed by atoms with van der Waals surface area (Å²) in [6, 6.07) is 15.1. The number of rotatable bonds is 19. The third kappa shape index (κ3) is 9.97. The van der Waals surface area contributed by atoms with Gasteiger partial charge in [0.05, 0.1) is 43.1 Å². The normalized spacial score (nSPS) is 20.4. The molecule has 2 aromatic carbocycles. The number of nitrogens with zero attached hydrogens (tertiary/aromatic N) is 2. The zero-order valence-corrected chi connectivity index (χ0v) is 37.1. The first-order valence-corrected chi connectivity index (χ1v) is 25.7. The Kier molecular flexibility index (Phi) is 15.0. The first kappa shape index (κ1) is 44.0. The third-order valence-electron chi connectivity index (χ3n) is 11.5. The van der Waals surface area contributed by atoms with Crippen molar-refractivity contribution in [3.05, 3.63) is 59.2 Å². The van der Waals surface area contributed by atoms with Crippen LogP contribution in [-0.2, 0) is 35.5 Å². The topological polar surface area (TPSA) is 107 Å². The van der Waals surface area contributed by atoms with Gasteiger partial charge in [-0.05, 0) is 59.8 Å². The van der Waals surface area contributed by atoms with Crippen LogP contribution in [0.15, 0.2) is 42.5 Å². The number of methoxy groups -OCH3 is 1. The quantitative estimate of drug-likeness (QED) is 0.111. The lowest BCUT2D eigenvalue weighted by molar-refractivity contribution is -0.123. The van der Waals surface area contributed by atoms with Gasteiger partial charge in [-0.25, -0.2) is 4.79 Å². The van der Waals surface area contributed by atoms with Gasteiger partial charge in [0.1, 0.15) is 12.5 Å². The molecule has 0 aliphatic carbocycles. The van der Waals surface area contributed by atoms with Crippen LogP contribution in [0.3, 0.4) is 0 Å². The van der Waals surface area contributed by atoms with Gasteiger partial charge < -0.3 is 33.4 Å². The molecule has 4 rings (SSSR count). The maximum atomic E-state index is 13.9. The van der Waals surface area contributed by atoms with Gasteiger partial charge in [-0.15, -0.1) is 0 Å². The predicted molar refractivity (Wildman–Crippen MR) is 221 cm³/mol. The fourth-order valence-electron chi connectivity index (χ4n) is 8.62. The van der Waals surface area contributed by atoms with Crippen LogP contribution < -0.4 is 9.64 Å². The lowest BCUT2D eigenvalue weighted by atomic mass is 9.84. The van der Waals surface area contributed by atoms with Gasteiger partial charge in [-0.3, -0.25) is 9.69 Å². The van der Waals surface area contributed by atoms with Crippen molar-refractivity contribution < 1.29 is 38.1 Å². The molecule has 0 saturated carbocycles. The molecular weight excluding hydrogens is 717 g/mol. The molecule has 1 N–H and O–H groups in total. The Morgan fingerprint density at radius 1 is 0.907 bits per heavy atom. The lowest BCUT2D eigenvalue weighted by Gasteiger charge is -2.50. The van der Waals surface area contributed by atoms with Gasteiger partial charge in [0.25, 0.3) is 0 Å². The molecule has 1 fully saturated rings. The van der Waals surface area contributed by atoms with E-state index in [9.17, 15) is 14.7 Å². The maximum absolute atomic E-state index is 13.9. The molecule has 10 nitrogen and oxygen atoms in total. The molecule has 3 atom stereocenters. The number of carbonyl (C=O) groups is 2. The van der Waals surface area contributed by atoms with Gasteiger partial charge in [-0.2, -0.15) is 0 Å². The molecule has 54 heavy (non-hydrogen) atoms.